The molecule has 20 heavy (non-hydrogen) atoms. The molecule has 0 N–H and O–H groups in total. The first kappa shape index (κ1) is 16.9. The number of ketones is 1. The molecule has 3 nitrogen and oxygen atoms in total. The van der Waals surface area contributed by atoms with Crippen LogP contribution in [-0.4, -0.2) is 20.5 Å². The van der Waals surface area contributed by atoms with Crippen molar-refractivity contribution in [1.29, 1.82) is 0 Å². The molecule has 1 rings (SSSR count). The van der Waals surface area contributed by atoms with Gasteiger partial charge in [0.05, 0.1) is 4.90 Å². The van der Waals surface area contributed by atoms with Gasteiger partial charge in [0.2, 0.25) is 0 Å². The minimum absolute atomic E-state index is 0.105. The van der Waals surface area contributed by atoms with Gasteiger partial charge < -0.3 is 0 Å². The summed E-state index contributed by atoms with van der Waals surface area (Å²) in [7, 11) is -3.20. The monoisotopic (exact) mass is 296 g/mol. The smallest absolute Gasteiger partial charge is 0.175 e. The van der Waals surface area contributed by atoms with Crippen molar-refractivity contribution >= 4 is 15.6 Å². The normalized spacial score (nSPS) is 13.2. The molecule has 0 radical (unpaired) electrons. The van der Waals surface area contributed by atoms with E-state index in [2.05, 4.69) is 13.8 Å². The Labute approximate surface area is 122 Å². The maximum Gasteiger partial charge on any atom is 0.175 e. The van der Waals surface area contributed by atoms with E-state index in [0.717, 1.165) is 25.7 Å². The number of Topliss-reactive ketones (excluding diaryl/α,β-unsaturated/α-hetero) is 1. The van der Waals surface area contributed by atoms with Crippen LogP contribution >= 0.6 is 0 Å². The van der Waals surface area contributed by atoms with Crippen LogP contribution in [0.3, 0.4) is 0 Å². The lowest BCUT2D eigenvalue weighted by molar-refractivity contribution is 0.0957. The van der Waals surface area contributed by atoms with Gasteiger partial charge in [0.15, 0.2) is 15.6 Å². The van der Waals surface area contributed by atoms with Gasteiger partial charge in [0, 0.05) is 18.2 Å². The standard InChI is InChI=1S/C16H24O3S/c1-4-6-7-13(5-2)12-16(17)14-8-10-15(11-9-14)20(3,18)19/h8-11,13H,4-7,12H2,1-3H3. The topological polar surface area (TPSA) is 51.2 Å². The van der Waals surface area contributed by atoms with Gasteiger partial charge in [-0.3, -0.25) is 4.79 Å². The molecule has 0 spiro atoms. The van der Waals surface area contributed by atoms with E-state index in [1.54, 1.807) is 12.1 Å². The fourth-order valence-electron chi connectivity index (χ4n) is 2.21. The van der Waals surface area contributed by atoms with Crippen molar-refractivity contribution in [3.8, 4) is 0 Å². The Morgan fingerprint density at radius 2 is 1.75 bits per heavy atom. The van der Waals surface area contributed by atoms with E-state index in [9.17, 15) is 13.2 Å². The molecular weight excluding hydrogens is 272 g/mol. The number of carbonyl (C=O) groups excluding carboxylic acids is 1. The molecule has 0 heterocycles. The fraction of sp³-hybridized carbons (Fsp3) is 0.562. The van der Waals surface area contributed by atoms with Crippen LogP contribution in [0.25, 0.3) is 0 Å². The van der Waals surface area contributed by atoms with E-state index in [0.29, 0.717) is 17.9 Å². The van der Waals surface area contributed by atoms with Crippen LogP contribution in [0.15, 0.2) is 29.2 Å². The molecule has 1 aromatic carbocycles. The third-order valence-electron chi connectivity index (χ3n) is 3.62. The van der Waals surface area contributed by atoms with Crippen molar-refractivity contribution in [2.75, 3.05) is 6.26 Å². The molecular formula is C16H24O3S. The van der Waals surface area contributed by atoms with E-state index in [-0.39, 0.29) is 10.7 Å². The van der Waals surface area contributed by atoms with Crippen LogP contribution in [0.1, 0.15) is 56.3 Å². The van der Waals surface area contributed by atoms with Gasteiger partial charge in [0.1, 0.15) is 0 Å². The lowest BCUT2D eigenvalue weighted by Gasteiger charge is -2.13. The Morgan fingerprint density at radius 1 is 1.15 bits per heavy atom. The Hall–Kier alpha value is -1.16. The highest BCUT2D eigenvalue weighted by atomic mass is 32.2. The lowest BCUT2D eigenvalue weighted by atomic mass is 9.91. The Bertz CT molecular complexity index is 529. The largest absolute Gasteiger partial charge is 0.294 e. The molecule has 1 atom stereocenters. The first-order valence-corrected chi connectivity index (χ1v) is 9.11. The van der Waals surface area contributed by atoms with Crippen molar-refractivity contribution < 1.29 is 13.2 Å². The molecule has 1 unspecified atom stereocenters. The first-order chi connectivity index (χ1) is 9.38. The van der Waals surface area contributed by atoms with Gasteiger partial charge in [-0.2, -0.15) is 0 Å². The van der Waals surface area contributed by atoms with Crippen molar-refractivity contribution in [2.45, 2.75) is 50.8 Å². The second-order valence-corrected chi connectivity index (χ2v) is 7.36. The zero-order chi connectivity index (χ0) is 15.2. The molecule has 0 aliphatic carbocycles. The summed E-state index contributed by atoms with van der Waals surface area (Å²) in [6, 6.07) is 6.25. The molecule has 0 amide bonds. The molecule has 1 aromatic rings. The van der Waals surface area contributed by atoms with Gasteiger partial charge >= 0.3 is 0 Å². The number of benzene rings is 1. The summed E-state index contributed by atoms with van der Waals surface area (Å²) in [5.74, 6) is 0.532. The molecule has 0 aliphatic rings. The molecule has 112 valence electrons. The molecule has 0 fully saturated rings. The molecule has 0 aliphatic heterocycles. The number of sulfone groups is 1. The first-order valence-electron chi connectivity index (χ1n) is 7.21. The van der Waals surface area contributed by atoms with Crippen LogP contribution < -0.4 is 0 Å². The van der Waals surface area contributed by atoms with Crippen LogP contribution in [0, 0.1) is 5.92 Å². The number of unbranched alkanes of at least 4 members (excludes halogenated alkanes) is 1. The van der Waals surface area contributed by atoms with Crippen LogP contribution in [0.5, 0.6) is 0 Å². The summed E-state index contributed by atoms with van der Waals surface area (Å²) < 4.78 is 22.7. The second-order valence-electron chi connectivity index (χ2n) is 5.34. The summed E-state index contributed by atoms with van der Waals surface area (Å²) in [4.78, 5) is 12.4. The molecule has 0 saturated carbocycles. The number of rotatable bonds is 8. The minimum Gasteiger partial charge on any atom is -0.294 e. The highest BCUT2D eigenvalue weighted by molar-refractivity contribution is 7.90. The highest BCUT2D eigenvalue weighted by Gasteiger charge is 2.14. The van der Waals surface area contributed by atoms with E-state index >= 15 is 0 Å². The number of carbonyl (C=O) groups is 1. The molecule has 0 saturated heterocycles. The summed E-state index contributed by atoms with van der Waals surface area (Å²) in [5, 5.41) is 0. The average molecular weight is 296 g/mol. The van der Waals surface area contributed by atoms with E-state index in [1.165, 1.54) is 18.4 Å². The van der Waals surface area contributed by atoms with E-state index in [4.69, 9.17) is 0 Å². The predicted octanol–water partition coefficient (Wildman–Crippen LogP) is 3.88. The molecule has 0 bridgehead atoms. The zero-order valence-corrected chi connectivity index (χ0v) is 13.4. The van der Waals surface area contributed by atoms with Crippen LogP contribution in [-0.2, 0) is 9.84 Å². The number of hydrogen-bond donors (Lipinski definition) is 0. The van der Waals surface area contributed by atoms with Crippen molar-refractivity contribution in [3.63, 3.8) is 0 Å². The van der Waals surface area contributed by atoms with Crippen molar-refractivity contribution in [2.24, 2.45) is 5.92 Å². The summed E-state index contributed by atoms with van der Waals surface area (Å²) in [6.45, 7) is 4.26. The Kier molecular flexibility index (Phi) is 6.40. The van der Waals surface area contributed by atoms with E-state index < -0.39 is 9.84 Å². The van der Waals surface area contributed by atoms with Gasteiger partial charge in [-0.15, -0.1) is 0 Å². The average Bonchev–Trinajstić information content (AvgIpc) is 2.42. The number of hydrogen-bond acceptors (Lipinski definition) is 3. The fourth-order valence-corrected chi connectivity index (χ4v) is 2.84. The van der Waals surface area contributed by atoms with E-state index in [1.807, 2.05) is 0 Å². The van der Waals surface area contributed by atoms with Crippen molar-refractivity contribution in [1.82, 2.24) is 0 Å². The van der Waals surface area contributed by atoms with Crippen LogP contribution in [0.4, 0.5) is 0 Å². The maximum absolute atomic E-state index is 12.2. The molecule has 0 aromatic heterocycles. The van der Waals surface area contributed by atoms with Gasteiger partial charge in [0.25, 0.3) is 0 Å². The summed E-state index contributed by atoms with van der Waals surface area (Å²) in [5.41, 5.74) is 0.604. The quantitative estimate of drug-likeness (QED) is 0.684. The minimum atomic E-state index is -3.20. The van der Waals surface area contributed by atoms with Gasteiger partial charge in [-0.1, -0.05) is 51.7 Å². The molecule has 4 heteroatoms. The second kappa shape index (κ2) is 7.58. The summed E-state index contributed by atoms with van der Waals surface area (Å²) >= 11 is 0. The van der Waals surface area contributed by atoms with Gasteiger partial charge in [-0.05, 0) is 18.1 Å². The predicted molar refractivity (Wildman–Crippen MR) is 81.8 cm³/mol. The maximum atomic E-state index is 12.2. The third-order valence-corrected chi connectivity index (χ3v) is 4.75. The highest BCUT2D eigenvalue weighted by Crippen LogP contribution is 2.20. The van der Waals surface area contributed by atoms with Crippen LogP contribution in [0.2, 0.25) is 0 Å². The SMILES string of the molecule is CCCCC(CC)CC(=O)c1ccc(S(C)(=O)=O)cc1. The van der Waals surface area contributed by atoms with Crippen molar-refractivity contribution in [3.05, 3.63) is 29.8 Å². The van der Waals surface area contributed by atoms with Gasteiger partial charge in [-0.25, -0.2) is 8.42 Å². The Morgan fingerprint density at radius 3 is 2.20 bits per heavy atom. The zero-order valence-electron chi connectivity index (χ0n) is 12.6. The third kappa shape index (κ3) is 5.08. The summed E-state index contributed by atoms with van der Waals surface area (Å²) in [6.07, 6.45) is 6.11. The Balaban J connectivity index is 2.72. The lowest BCUT2D eigenvalue weighted by Crippen LogP contribution is -2.09.